The van der Waals surface area contributed by atoms with Gasteiger partial charge in [0, 0.05) is 17.7 Å². The van der Waals surface area contributed by atoms with Crippen molar-refractivity contribution in [2.24, 2.45) is 5.10 Å². The molecule has 3 aromatic carbocycles. The Balaban J connectivity index is 1.75. The topological polar surface area (TPSA) is 75.8 Å². The molecule has 0 N–H and O–H groups in total. The second-order valence-corrected chi connectivity index (χ2v) is 7.58. The molecule has 0 radical (unpaired) electrons. The summed E-state index contributed by atoms with van der Waals surface area (Å²) < 4.78 is 0. The molecular formula is C25H21N3O3. The largest absolute Gasteiger partial charge is 0.281 e. The molecular weight excluding hydrogens is 390 g/mol. The number of nitro benzene ring substituents is 1. The normalized spacial score (nSPS) is 14.9. The number of carbonyl (C=O) groups is 1. The Kier molecular flexibility index (Phi) is 5.45. The van der Waals surface area contributed by atoms with E-state index in [1.54, 1.807) is 0 Å². The molecule has 1 aliphatic heterocycles. The van der Waals surface area contributed by atoms with Crippen molar-refractivity contribution >= 4 is 29.1 Å². The third-order valence-electron chi connectivity index (χ3n) is 5.14. The minimum absolute atomic E-state index is 0.0383. The van der Waals surface area contributed by atoms with Gasteiger partial charge < -0.3 is 0 Å². The lowest BCUT2D eigenvalue weighted by atomic mass is 9.98. The third-order valence-corrected chi connectivity index (χ3v) is 5.14. The van der Waals surface area contributed by atoms with Gasteiger partial charge in [-0.2, -0.15) is 10.1 Å². The van der Waals surface area contributed by atoms with Gasteiger partial charge in [-0.25, -0.2) is 0 Å². The first-order chi connectivity index (χ1) is 14.9. The van der Waals surface area contributed by atoms with Gasteiger partial charge in [0.05, 0.1) is 16.2 Å². The van der Waals surface area contributed by atoms with Crippen LogP contribution in [0.25, 0.3) is 6.08 Å². The number of anilines is 1. The number of hydrazone groups is 1. The molecule has 0 aromatic heterocycles. The van der Waals surface area contributed by atoms with Crippen LogP contribution in [0.4, 0.5) is 11.4 Å². The highest BCUT2D eigenvalue weighted by molar-refractivity contribution is 6.37. The lowest BCUT2D eigenvalue weighted by Gasteiger charge is -2.11. The number of amides is 1. The first-order valence-corrected chi connectivity index (χ1v) is 9.99. The van der Waals surface area contributed by atoms with Crippen LogP contribution < -0.4 is 5.01 Å². The van der Waals surface area contributed by atoms with Crippen LogP contribution >= 0.6 is 0 Å². The van der Waals surface area contributed by atoms with Crippen LogP contribution in [0.15, 0.2) is 89.5 Å². The van der Waals surface area contributed by atoms with E-state index in [4.69, 9.17) is 0 Å². The quantitative estimate of drug-likeness (QED) is 0.314. The molecule has 0 atom stereocenters. The first kappa shape index (κ1) is 20.2. The molecule has 0 unspecified atom stereocenters. The second-order valence-electron chi connectivity index (χ2n) is 7.58. The highest BCUT2D eigenvalue weighted by Crippen LogP contribution is 2.29. The molecule has 0 spiro atoms. The number of nitro groups is 1. The predicted molar refractivity (Wildman–Crippen MR) is 122 cm³/mol. The van der Waals surface area contributed by atoms with Gasteiger partial charge in [-0.1, -0.05) is 68.4 Å². The van der Waals surface area contributed by atoms with Crippen molar-refractivity contribution in [2.45, 2.75) is 19.8 Å². The van der Waals surface area contributed by atoms with Crippen molar-refractivity contribution in [3.8, 4) is 0 Å². The van der Waals surface area contributed by atoms with Crippen molar-refractivity contribution in [1.82, 2.24) is 0 Å². The average Bonchev–Trinajstić information content (AvgIpc) is 3.11. The number of nitrogens with zero attached hydrogens (tertiary/aromatic N) is 3. The van der Waals surface area contributed by atoms with E-state index in [2.05, 4.69) is 31.1 Å². The fourth-order valence-electron chi connectivity index (χ4n) is 3.39. The van der Waals surface area contributed by atoms with Crippen LogP contribution in [-0.2, 0) is 4.79 Å². The van der Waals surface area contributed by atoms with Gasteiger partial charge in [0.2, 0.25) is 0 Å². The highest BCUT2D eigenvalue weighted by Gasteiger charge is 2.32. The number of hydrogen-bond donors (Lipinski definition) is 0. The van der Waals surface area contributed by atoms with E-state index in [1.165, 1.54) is 34.8 Å². The van der Waals surface area contributed by atoms with Crippen LogP contribution in [0.5, 0.6) is 0 Å². The van der Waals surface area contributed by atoms with Gasteiger partial charge in [0.15, 0.2) is 0 Å². The summed E-state index contributed by atoms with van der Waals surface area (Å²) in [5.41, 5.74) is 4.43. The molecule has 4 rings (SSSR count). The van der Waals surface area contributed by atoms with Crippen molar-refractivity contribution in [2.75, 3.05) is 5.01 Å². The van der Waals surface area contributed by atoms with Crippen molar-refractivity contribution in [3.63, 3.8) is 0 Å². The molecule has 6 heteroatoms. The molecule has 1 amide bonds. The molecule has 6 nitrogen and oxygen atoms in total. The maximum absolute atomic E-state index is 13.3. The molecule has 31 heavy (non-hydrogen) atoms. The zero-order chi connectivity index (χ0) is 22.0. The maximum atomic E-state index is 13.3. The summed E-state index contributed by atoms with van der Waals surface area (Å²) in [6.45, 7) is 4.27. The average molecular weight is 411 g/mol. The minimum Gasteiger partial charge on any atom is -0.267 e. The van der Waals surface area contributed by atoms with Crippen LogP contribution in [0.2, 0.25) is 0 Å². The molecule has 0 saturated carbocycles. The monoisotopic (exact) mass is 411 g/mol. The van der Waals surface area contributed by atoms with E-state index in [-0.39, 0.29) is 11.6 Å². The fourth-order valence-corrected chi connectivity index (χ4v) is 3.39. The Morgan fingerprint density at radius 1 is 0.935 bits per heavy atom. The van der Waals surface area contributed by atoms with Crippen LogP contribution in [0.3, 0.4) is 0 Å². The molecule has 0 bridgehead atoms. The van der Waals surface area contributed by atoms with Crippen LogP contribution in [0.1, 0.15) is 36.5 Å². The van der Waals surface area contributed by atoms with E-state index in [0.29, 0.717) is 22.9 Å². The molecule has 0 saturated heterocycles. The van der Waals surface area contributed by atoms with E-state index < -0.39 is 4.92 Å². The highest BCUT2D eigenvalue weighted by atomic mass is 16.6. The molecule has 1 aliphatic rings. The smallest absolute Gasteiger partial charge is 0.267 e. The van der Waals surface area contributed by atoms with Crippen LogP contribution in [-0.4, -0.2) is 16.5 Å². The van der Waals surface area contributed by atoms with Gasteiger partial charge >= 0.3 is 0 Å². The van der Waals surface area contributed by atoms with Crippen molar-refractivity contribution in [3.05, 3.63) is 111 Å². The van der Waals surface area contributed by atoms with E-state index in [9.17, 15) is 14.9 Å². The summed E-state index contributed by atoms with van der Waals surface area (Å²) >= 11 is 0. The van der Waals surface area contributed by atoms with Crippen LogP contribution in [0, 0.1) is 10.1 Å². The summed E-state index contributed by atoms with van der Waals surface area (Å²) in [5, 5.41) is 16.8. The third kappa shape index (κ3) is 4.14. The Labute approximate surface area is 180 Å². The zero-order valence-electron chi connectivity index (χ0n) is 17.2. The lowest BCUT2D eigenvalue weighted by Crippen LogP contribution is -2.21. The Morgan fingerprint density at radius 3 is 2.16 bits per heavy atom. The van der Waals surface area contributed by atoms with Crippen molar-refractivity contribution in [1.29, 1.82) is 0 Å². The van der Waals surface area contributed by atoms with Gasteiger partial charge in [0.25, 0.3) is 11.6 Å². The molecule has 1 heterocycles. The standard InChI is InChI=1S/C25H21N3O3/c1-17(2)19-10-8-18(9-11-19)16-23-24(20-6-4-3-5-7-20)26-27(25(23)29)21-12-14-22(15-13-21)28(30)31/h3-17H,1-2H3/b23-16+. The number of benzene rings is 3. The first-order valence-electron chi connectivity index (χ1n) is 9.99. The SMILES string of the molecule is CC(C)c1ccc(/C=C2/C(=O)N(c3ccc([N+](=O)[O-])cc3)N=C2c2ccccc2)cc1. The number of rotatable bonds is 5. The Hall–Kier alpha value is -4.06. The van der Waals surface area contributed by atoms with Gasteiger partial charge in [0.1, 0.15) is 5.71 Å². The summed E-state index contributed by atoms with van der Waals surface area (Å²) in [7, 11) is 0. The summed E-state index contributed by atoms with van der Waals surface area (Å²) in [5.74, 6) is 0.148. The van der Waals surface area contributed by atoms with E-state index >= 15 is 0 Å². The minimum atomic E-state index is -0.472. The fraction of sp³-hybridized carbons (Fsp3) is 0.120. The summed E-state index contributed by atoms with van der Waals surface area (Å²) in [4.78, 5) is 23.8. The molecule has 0 aliphatic carbocycles. The van der Waals surface area contributed by atoms with Gasteiger partial charge in [-0.15, -0.1) is 0 Å². The Bertz CT molecular complexity index is 1180. The van der Waals surface area contributed by atoms with E-state index in [0.717, 1.165) is 11.1 Å². The Morgan fingerprint density at radius 2 is 1.58 bits per heavy atom. The zero-order valence-corrected chi connectivity index (χ0v) is 17.2. The van der Waals surface area contributed by atoms with E-state index in [1.807, 2.05) is 48.5 Å². The van der Waals surface area contributed by atoms with Gasteiger partial charge in [-0.05, 0) is 35.3 Å². The summed E-state index contributed by atoms with van der Waals surface area (Å²) in [6, 6.07) is 23.4. The number of non-ortho nitro benzene ring substituents is 1. The predicted octanol–water partition coefficient (Wildman–Crippen LogP) is 5.55. The maximum Gasteiger partial charge on any atom is 0.281 e. The number of hydrogen-bond acceptors (Lipinski definition) is 4. The summed E-state index contributed by atoms with van der Waals surface area (Å²) in [6.07, 6.45) is 1.84. The van der Waals surface area contributed by atoms with Crippen molar-refractivity contribution < 1.29 is 9.72 Å². The lowest BCUT2D eigenvalue weighted by molar-refractivity contribution is -0.384. The molecule has 154 valence electrons. The van der Waals surface area contributed by atoms with Gasteiger partial charge in [-0.3, -0.25) is 14.9 Å². The molecule has 0 fully saturated rings. The molecule has 3 aromatic rings. The number of carbonyl (C=O) groups excluding carboxylic acids is 1. The second kappa shape index (κ2) is 8.36.